The molecular weight excluding hydrogens is 314 g/mol. The van der Waals surface area contributed by atoms with E-state index in [1.54, 1.807) is 16.7 Å². The molecule has 6 nitrogen and oxygen atoms in total. The topological polar surface area (TPSA) is 79.4 Å². The summed E-state index contributed by atoms with van der Waals surface area (Å²) in [5.41, 5.74) is 0.683. The van der Waals surface area contributed by atoms with Gasteiger partial charge < -0.3 is 5.32 Å². The number of sulfonamides is 1. The zero-order valence-electron chi connectivity index (χ0n) is 12.9. The lowest BCUT2D eigenvalue weighted by Gasteiger charge is -2.38. The predicted molar refractivity (Wildman–Crippen MR) is 85.2 cm³/mol. The highest BCUT2D eigenvalue weighted by molar-refractivity contribution is 7.90. The van der Waals surface area contributed by atoms with Crippen LogP contribution in [0.4, 0.5) is 0 Å². The normalized spacial score (nSPS) is 28.0. The summed E-state index contributed by atoms with van der Waals surface area (Å²) in [4.78, 5) is 16.5. The number of piperidine rings is 1. The molecular formula is C16H21N3O3S. The van der Waals surface area contributed by atoms with E-state index in [2.05, 4.69) is 10.3 Å². The van der Waals surface area contributed by atoms with Crippen molar-refractivity contribution < 1.29 is 13.2 Å². The van der Waals surface area contributed by atoms with Crippen molar-refractivity contribution >= 4 is 15.9 Å². The predicted octanol–water partition coefficient (Wildman–Crippen LogP) is 1.01. The minimum Gasteiger partial charge on any atom is -0.350 e. The molecule has 0 aromatic carbocycles. The standard InChI is InChI=1S/C16H21N3O3S/c20-15-14(12-2-1-7-17-11-12)10-16(18-15)5-8-19(9-6-16)23(21,22)13-3-4-13/h1-2,7,11,13-14H,3-6,8-10H2,(H,18,20)/t14-/m1/s1. The number of carbonyl (C=O) groups is 1. The lowest BCUT2D eigenvalue weighted by Crippen LogP contribution is -2.52. The molecule has 1 aromatic heterocycles. The number of pyridine rings is 1. The van der Waals surface area contributed by atoms with E-state index in [4.69, 9.17) is 0 Å². The van der Waals surface area contributed by atoms with E-state index in [0.717, 1.165) is 24.8 Å². The Balaban J connectivity index is 1.46. The van der Waals surface area contributed by atoms with Crippen LogP contribution in [0.1, 0.15) is 43.6 Å². The third-order valence-electron chi connectivity index (χ3n) is 5.37. The number of rotatable bonds is 3. The molecule has 0 bridgehead atoms. The lowest BCUT2D eigenvalue weighted by atomic mass is 9.83. The van der Waals surface area contributed by atoms with Gasteiger partial charge in [0, 0.05) is 31.0 Å². The first kappa shape index (κ1) is 15.1. The van der Waals surface area contributed by atoms with Crippen LogP contribution in [0.2, 0.25) is 0 Å². The molecule has 2 aliphatic heterocycles. The second kappa shape index (κ2) is 5.27. The Morgan fingerprint density at radius 3 is 2.61 bits per heavy atom. The first-order valence-electron chi connectivity index (χ1n) is 8.21. The van der Waals surface area contributed by atoms with E-state index in [-0.39, 0.29) is 22.6 Å². The second-order valence-electron chi connectivity index (χ2n) is 6.96. The number of aromatic nitrogens is 1. The molecule has 1 N–H and O–H groups in total. The van der Waals surface area contributed by atoms with E-state index < -0.39 is 10.0 Å². The Morgan fingerprint density at radius 2 is 2.00 bits per heavy atom. The van der Waals surface area contributed by atoms with Crippen LogP contribution in [-0.4, -0.2) is 47.5 Å². The van der Waals surface area contributed by atoms with Gasteiger partial charge in [0.15, 0.2) is 0 Å². The molecule has 1 spiro atoms. The molecule has 1 saturated carbocycles. The van der Waals surface area contributed by atoms with Gasteiger partial charge in [0.25, 0.3) is 0 Å². The van der Waals surface area contributed by atoms with Gasteiger partial charge in [-0.05, 0) is 43.7 Å². The van der Waals surface area contributed by atoms with Crippen LogP contribution in [0.3, 0.4) is 0 Å². The fourth-order valence-electron chi connectivity index (χ4n) is 3.81. The van der Waals surface area contributed by atoms with Crippen molar-refractivity contribution in [3.63, 3.8) is 0 Å². The first-order valence-corrected chi connectivity index (χ1v) is 9.71. The molecule has 1 aromatic rings. The fraction of sp³-hybridized carbons (Fsp3) is 0.625. The molecule has 4 rings (SSSR count). The van der Waals surface area contributed by atoms with Gasteiger partial charge >= 0.3 is 0 Å². The van der Waals surface area contributed by atoms with Crippen molar-refractivity contribution in [3.8, 4) is 0 Å². The van der Waals surface area contributed by atoms with E-state index in [0.29, 0.717) is 25.9 Å². The lowest BCUT2D eigenvalue weighted by molar-refractivity contribution is -0.121. The van der Waals surface area contributed by atoms with Gasteiger partial charge in [-0.3, -0.25) is 9.78 Å². The number of nitrogens with one attached hydrogen (secondary N) is 1. The summed E-state index contributed by atoms with van der Waals surface area (Å²) < 4.78 is 26.3. The smallest absolute Gasteiger partial charge is 0.228 e. The summed E-state index contributed by atoms with van der Waals surface area (Å²) in [6.45, 7) is 1.03. The Morgan fingerprint density at radius 1 is 1.26 bits per heavy atom. The largest absolute Gasteiger partial charge is 0.350 e. The van der Waals surface area contributed by atoms with Crippen LogP contribution in [0.5, 0.6) is 0 Å². The molecule has 1 atom stereocenters. The van der Waals surface area contributed by atoms with Gasteiger partial charge in [0.05, 0.1) is 11.2 Å². The van der Waals surface area contributed by atoms with Gasteiger partial charge in [0.1, 0.15) is 0 Å². The van der Waals surface area contributed by atoms with Gasteiger partial charge in [-0.25, -0.2) is 12.7 Å². The molecule has 1 aliphatic carbocycles. The van der Waals surface area contributed by atoms with Crippen LogP contribution in [0.25, 0.3) is 0 Å². The first-order chi connectivity index (χ1) is 11.0. The highest BCUT2D eigenvalue weighted by Gasteiger charge is 2.49. The zero-order chi connectivity index (χ0) is 16.1. The molecule has 0 unspecified atom stereocenters. The molecule has 0 radical (unpaired) electrons. The van der Waals surface area contributed by atoms with Crippen molar-refractivity contribution in [2.45, 2.75) is 48.8 Å². The second-order valence-corrected chi connectivity index (χ2v) is 9.17. The van der Waals surface area contributed by atoms with Crippen LogP contribution in [0, 0.1) is 0 Å². The average molecular weight is 335 g/mol. The molecule has 1 amide bonds. The summed E-state index contributed by atoms with van der Waals surface area (Å²) >= 11 is 0. The molecule has 3 aliphatic rings. The molecule has 23 heavy (non-hydrogen) atoms. The maximum absolute atomic E-state index is 12.4. The number of amides is 1. The number of hydrogen-bond acceptors (Lipinski definition) is 4. The average Bonchev–Trinajstić information content (AvgIpc) is 3.35. The highest BCUT2D eigenvalue weighted by atomic mass is 32.2. The minimum absolute atomic E-state index is 0.0384. The summed E-state index contributed by atoms with van der Waals surface area (Å²) in [6, 6.07) is 3.78. The summed E-state index contributed by atoms with van der Waals surface area (Å²) in [7, 11) is -3.10. The van der Waals surface area contributed by atoms with Gasteiger partial charge in [-0.2, -0.15) is 0 Å². The molecule has 3 heterocycles. The molecule has 7 heteroatoms. The van der Waals surface area contributed by atoms with Crippen molar-refractivity contribution in [2.75, 3.05) is 13.1 Å². The Bertz CT molecular complexity index is 707. The Labute approximate surface area is 136 Å². The summed E-state index contributed by atoms with van der Waals surface area (Å²) in [6.07, 6.45) is 7.16. The fourth-order valence-corrected chi connectivity index (χ4v) is 5.65. The Kier molecular flexibility index (Phi) is 3.46. The zero-order valence-corrected chi connectivity index (χ0v) is 13.8. The third-order valence-corrected chi connectivity index (χ3v) is 7.77. The van der Waals surface area contributed by atoms with Crippen LogP contribution < -0.4 is 5.32 Å². The van der Waals surface area contributed by atoms with Gasteiger partial charge in [-0.1, -0.05) is 6.07 Å². The van der Waals surface area contributed by atoms with Crippen LogP contribution in [-0.2, 0) is 14.8 Å². The van der Waals surface area contributed by atoms with E-state index in [1.807, 2.05) is 12.1 Å². The quantitative estimate of drug-likeness (QED) is 0.894. The number of hydrogen-bond donors (Lipinski definition) is 1. The molecule has 3 fully saturated rings. The highest BCUT2D eigenvalue weighted by Crippen LogP contribution is 2.41. The SMILES string of the molecule is O=C1NC2(CCN(S(=O)(=O)C3CC3)CC2)C[C@@H]1c1cccnc1. The van der Waals surface area contributed by atoms with Gasteiger partial charge in [-0.15, -0.1) is 0 Å². The van der Waals surface area contributed by atoms with Crippen molar-refractivity contribution in [3.05, 3.63) is 30.1 Å². The van der Waals surface area contributed by atoms with Crippen LogP contribution >= 0.6 is 0 Å². The molecule has 124 valence electrons. The summed E-state index contributed by atoms with van der Waals surface area (Å²) in [5.74, 6) is -0.133. The maximum Gasteiger partial charge on any atom is 0.228 e. The number of nitrogens with zero attached hydrogens (tertiary/aromatic N) is 2. The summed E-state index contributed by atoms with van der Waals surface area (Å²) in [5, 5.41) is 2.99. The maximum atomic E-state index is 12.4. The molecule has 2 saturated heterocycles. The minimum atomic E-state index is -3.10. The third kappa shape index (κ3) is 2.65. The van der Waals surface area contributed by atoms with E-state index in [9.17, 15) is 13.2 Å². The van der Waals surface area contributed by atoms with E-state index >= 15 is 0 Å². The number of carbonyl (C=O) groups excluding carboxylic acids is 1. The van der Waals surface area contributed by atoms with Crippen molar-refractivity contribution in [1.29, 1.82) is 0 Å². The van der Waals surface area contributed by atoms with Gasteiger partial charge in [0.2, 0.25) is 15.9 Å². The van der Waals surface area contributed by atoms with Crippen LogP contribution in [0.15, 0.2) is 24.5 Å². The van der Waals surface area contributed by atoms with Crippen molar-refractivity contribution in [2.24, 2.45) is 0 Å². The Hall–Kier alpha value is -1.47. The van der Waals surface area contributed by atoms with E-state index in [1.165, 1.54) is 0 Å². The van der Waals surface area contributed by atoms with Crippen molar-refractivity contribution in [1.82, 2.24) is 14.6 Å². The monoisotopic (exact) mass is 335 g/mol.